The van der Waals surface area contributed by atoms with E-state index in [-0.39, 0.29) is 24.3 Å². The molecule has 2 N–H and O–H groups in total. The van der Waals surface area contributed by atoms with Crippen LogP contribution in [-0.4, -0.2) is 25.9 Å². The summed E-state index contributed by atoms with van der Waals surface area (Å²) in [5.41, 5.74) is 0.600. The van der Waals surface area contributed by atoms with E-state index in [0.29, 0.717) is 5.13 Å². The molecule has 0 radical (unpaired) electrons. The van der Waals surface area contributed by atoms with Crippen molar-refractivity contribution in [3.05, 3.63) is 86.6 Å². The van der Waals surface area contributed by atoms with E-state index in [2.05, 4.69) is 15.6 Å². The van der Waals surface area contributed by atoms with Crippen LogP contribution in [0.5, 0.6) is 0 Å². The molecular weight excluding hydrogens is 442 g/mol. The molecule has 0 saturated carbocycles. The molecule has 1 atom stereocenters. The largest absolute Gasteiger partial charge is 0.332 e. The first-order chi connectivity index (χ1) is 15.9. The summed E-state index contributed by atoms with van der Waals surface area (Å²) in [4.78, 5) is 55.6. The van der Waals surface area contributed by atoms with E-state index in [1.54, 1.807) is 0 Å². The summed E-state index contributed by atoms with van der Waals surface area (Å²) in [7, 11) is 1.37. The first-order valence-corrected chi connectivity index (χ1v) is 11.1. The zero-order chi connectivity index (χ0) is 23.1. The highest BCUT2D eigenvalue weighted by molar-refractivity contribution is 7.22. The van der Waals surface area contributed by atoms with Gasteiger partial charge in [0.2, 0.25) is 11.8 Å². The molecule has 5 rings (SSSR count). The molecule has 33 heavy (non-hydrogen) atoms. The Balaban J connectivity index is 1.46. The predicted molar refractivity (Wildman–Crippen MR) is 126 cm³/mol. The van der Waals surface area contributed by atoms with E-state index >= 15 is 0 Å². The van der Waals surface area contributed by atoms with E-state index < -0.39 is 29.0 Å². The number of hydrogen-bond donors (Lipinski definition) is 2. The van der Waals surface area contributed by atoms with Crippen LogP contribution in [0.4, 0.5) is 10.9 Å². The lowest BCUT2D eigenvalue weighted by Gasteiger charge is -2.14. The first-order valence-electron chi connectivity index (χ1n) is 10.3. The minimum Gasteiger partial charge on any atom is -0.311 e. The number of aromatic nitrogens is 3. The Morgan fingerprint density at radius 1 is 1.09 bits per heavy atom. The molecule has 2 amide bonds. The number of thiazole rings is 1. The van der Waals surface area contributed by atoms with Crippen LogP contribution in [-0.2, 0) is 23.2 Å². The number of nitrogens with one attached hydrogen (secondary N) is 2. The molecule has 1 aliphatic heterocycles. The minimum absolute atomic E-state index is 0.123. The average molecular weight is 462 g/mol. The number of anilines is 2. The fourth-order valence-corrected chi connectivity index (χ4v) is 4.85. The molecular formula is C23H19N5O4S. The molecule has 4 aromatic rings. The molecule has 3 heterocycles. The monoisotopic (exact) mass is 461 g/mol. The van der Waals surface area contributed by atoms with Crippen molar-refractivity contribution >= 4 is 44.3 Å². The second-order valence-electron chi connectivity index (χ2n) is 7.76. The third-order valence-corrected chi connectivity index (χ3v) is 6.55. The second kappa shape index (κ2) is 8.14. The molecule has 1 unspecified atom stereocenters. The number of rotatable bonds is 5. The van der Waals surface area contributed by atoms with Crippen molar-refractivity contribution in [2.45, 2.75) is 18.9 Å². The van der Waals surface area contributed by atoms with Crippen molar-refractivity contribution < 1.29 is 9.59 Å². The SMILES string of the molecule is Cn1c(=O)c2c(n(Cc3ccccc3)c1=O)NC(=O)C2CC(=O)Nc1nc2ccccc2s1. The maximum atomic E-state index is 12.9. The number of benzene rings is 2. The van der Waals surface area contributed by atoms with Crippen LogP contribution in [0.3, 0.4) is 0 Å². The number of amides is 2. The Bertz CT molecular complexity index is 1490. The summed E-state index contributed by atoms with van der Waals surface area (Å²) in [5, 5.41) is 5.79. The third kappa shape index (κ3) is 3.74. The van der Waals surface area contributed by atoms with Gasteiger partial charge in [-0.2, -0.15) is 0 Å². The second-order valence-corrected chi connectivity index (χ2v) is 8.79. The van der Waals surface area contributed by atoms with E-state index in [4.69, 9.17) is 0 Å². The van der Waals surface area contributed by atoms with Gasteiger partial charge in [-0.25, -0.2) is 9.78 Å². The lowest BCUT2D eigenvalue weighted by molar-refractivity contribution is -0.122. The van der Waals surface area contributed by atoms with Gasteiger partial charge in [-0.3, -0.25) is 23.5 Å². The number of para-hydroxylation sites is 1. The van der Waals surface area contributed by atoms with Gasteiger partial charge in [0.15, 0.2) is 5.13 Å². The Morgan fingerprint density at radius 2 is 1.82 bits per heavy atom. The van der Waals surface area contributed by atoms with Crippen LogP contribution in [0.1, 0.15) is 23.5 Å². The number of fused-ring (bicyclic) bond motifs is 2. The van der Waals surface area contributed by atoms with Crippen molar-refractivity contribution in [3.8, 4) is 0 Å². The summed E-state index contributed by atoms with van der Waals surface area (Å²) in [6.45, 7) is 0.182. The summed E-state index contributed by atoms with van der Waals surface area (Å²) in [5.74, 6) is -1.79. The number of carbonyl (C=O) groups excluding carboxylic acids is 2. The molecule has 2 aromatic carbocycles. The number of carbonyl (C=O) groups is 2. The molecule has 9 nitrogen and oxygen atoms in total. The predicted octanol–water partition coefficient (Wildman–Crippen LogP) is 2.27. The van der Waals surface area contributed by atoms with Crippen LogP contribution in [0.25, 0.3) is 10.2 Å². The molecule has 2 aromatic heterocycles. The van der Waals surface area contributed by atoms with Crippen LogP contribution in [0.2, 0.25) is 0 Å². The van der Waals surface area contributed by atoms with Crippen LogP contribution in [0.15, 0.2) is 64.2 Å². The van der Waals surface area contributed by atoms with Gasteiger partial charge in [0.05, 0.1) is 28.2 Å². The molecule has 0 bridgehead atoms. The molecule has 1 aliphatic rings. The van der Waals surface area contributed by atoms with Crippen molar-refractivity contribution in [2.75, 3.05) is 10.6 Å². The molecule has 0 spiro atoms. The Labute approximate surface area is 191 Å². The van der Waals surface area contributed by atoms with Gasteiger partial charge in [0.1, 0.15) is 5.82 Å². The molecule has 10 heteroatoms. The maximum absolute atomic E-state index is 12.9. The first kappa shape index (κ1) is 20.8. The molecule has 166 valence electrons. The summed E-state index contributed by atoms with van der Waals surface area (Å²) in [6.07, 6.45) is -0.243. The van der Waals surface area contributed by atoms with Crippen LogP contribution < -0.4 is 21.9 Å². The van der Waals surface area contributed by atoms with Crippen molar-refractivity contribution in [1.82, 2.24) is 14.1 Å². The normalized spacial score (nSPS) is 14.8. The maximum Gasteiger partial charge on any atom is 0.332 e. The fraction of sp³-hybridized carbons (Fsp3) is 0.174. The van der Waals surface area contributed by atoms with Gasteiger partial charge in [0.25, 0.3) is 5.56 Å². The van der Waals surface area contributed by atoms with E-state index in [0.717, 1.165) is 20.3 Å². The lowest BCUT2D eigenvalue weighted by Crippen LogP contribution is -2.40. The number of hydrogen-bond acceptors (Lipinski definition) is 6. The van der Waals surface area contributed by atoms with Crippen molar-refractivity contribution in [3.63, 3.8) is 0 Å². The number of nitrogens with zero attached hydrogens (tertiary/aromatic N) is 3. The Morgan fingerprint density at radius 3 is 2.58 bits per heavy atom. The van der Waals surface area contributed by atoms with Gasteiger partial charge in [-0.1, -0.05) is 53.8 Å². The van der Waals surface area contributed by atoms with Crippen LogP contribution >= 0.6 is 11.3 Å². The highest BCUT2D eigenvalue weighted by Crippen LogP contribution is 2.32. The van der Waals surface area contributed by atoms with Crippen molar-refractivity contribution in [1.29, 1.82) is 0 Å². The van der Waals surface area contributed by atoms with E-state index in [9.17, 15) is 19.2 Å². The topological polar surface area (TPSA) is 115 Å². The average Bonchev–Trinajstić information content (AvgIpc) is 3.36. The van der Waals surface area contributed by atoms with Gasteiger partial charge in [-0.05, 0) is 17.7 Å². The van der Waals surface area contributed by atoms with Gasteiger partial charge >= 0.3 is 5.69 Å². The van der Waals surface area contributed by atoms with Gasteiger partial charge in [0, 0.05) is 13.5 Å². The van der Waals surface area contributed by atoms with E-state index in [1.165, 1.54) is 23.0 Å². The molecule has 0 saturated heterocycles. The Hall–Kier alpha value is -4.05. The zero-order valence-corrected chi connectivity index (χ0v) is 18.4. The quantitative estimate of drug-likeness (QED) is 0.473. The summed E-state index contributed by atoms with van der Waals surface area (Å²) in [6, 6.07) is 16.7. The van der Waals surface area contributed by atoms with Crippen molar-refractivity contribution in [2.24, 2.45) is 7.05 Å². The third-order valence-electron chi connectivity index (χ3n) is 5.60. The minimum atomic E-state index is -1.00. The summed E-state index contributed by atoms with van der Waals surface area (Å²) >= 11 is 1.33. The molecule has 0 aliphatic carbocycles. The Kier molecular flexibility index (Phi) is 5.14. The molecule has 0 fully saturated rings. The summed E-state index contributed by atoms with van der Waals surface area (Å²) < 4.78 is 3.26. The van der Waals surface area contributed by atoms with Gasteiger partial charge < -0.3 is 10.6 Å². The highest BCUT2D eigenvalue weighted by atomic mass is 32.1. The zero-order valence-electron chi connectivity index (χ0n) is 17.6. The van der Waals surface area contributed by atoms with Gasteiger partial charge in [-0.15, -0.1) is 0 Å². The van der Waals surface area contributed by atoms with Crippen LogP contribution in [0, 0.1) is 0 Å². The lowest BCUT2D eigenvalue weighted by atomic mass is 9.99. The highest BCUT2D eigenvalue weighted by Gasteiger charge is 2.38. The smallest absolute Gasteiger partial charge is 0.311 e. The standard InChI is InChI=1S/C23H19N5O4S/c1-27-21(31)18-14(11-17(29)25-22-24-15-9-5-6-10-16(15)33-22)20(30)26-19(18)28(23(27)32)12-13-7-3-2-4-8-13/h2-10,14H,11-12H2,1H3,(H,26,30)(H,24,25,29). The van der Waals surface area contributed by atoms with E-state index in [1.807, 2.05) is 54.6 Å². The fourth-order valence-electron chi connectivity index (χ4n) is 3.96.